The standard InChI is InChI=1S/C18H23N3O4/c1-18(2,3)25-17(23)21-10-11-24-15(12-21)13-4-6-14(7-5-13)20-16(22)8-9-19/h4-7,15H,8,10-12H2,1-3H3,(H,20,22). The lowest BCUT2D eigenvalue weighted by molar-refractivity contribution is -0.115. The monoisotopic (exact) mass is 345 g/mol. The van der Waals surface area contributed by atoms with Crippen molar-refractivity contribution in [2.75, 3.05) is 25.0 Å². The van der Waals surface area contributed by atoms with Crippen LogP contribution in [0, 0.1) is 11.3 Å². The number of amides is 2. The van der Waals surface area contributed by atoms with Crippen LogP contribution in [0.15, 0.2) is 24.3 Å². The Labute approximate surface area is 147 Å². The van der Waals surface area contributed by atoms with Gasteiger partial charge >= 0.3 is 6.09 Å². The van der Waals surface area contributed by atoms with Gasteiger partial charge in [-0.1, -0.05) is 12.1 Å². The maximum atomic E-state index is 12.2. The van der Waals surface area contributed by atoms with Gasteiger partial charge in [0.25, 0.3) is 0 Å². The highest BCUT2D eigenvalue weighted by Gasteiger charge is 2.28. The van der Waals surface area contributed by atoms with E-state index in [4.69, 9.17) is 14.7 Å². The fourth-order valence-corrected chi connectivity index (χ4v) is 2.40. The van der Waals surface area contributed by atoms with E-state index < -0.39 is 5.60 Å². The van der Waals surface area contributed by atoms with E-state index >= 15 is 0 Å². The molecule has 0 aromatic heterocycles. The lowest BCUT2D eigenvalue weighted by Gasteiger charge is -2.34. The van der Waals surface area contributed by atoms with Crippen molar-refractivity contribution in [1.29, 1.82) is 5.26 Å². The van der Waals surface area contributed by atoms with E-state index in [1.54, 1.807) is 23.1 Å². The Morgan fingerprint density at radius 1 is 1.36 bits per heavy atom. The van der Waals surface area contributed by atoms with Crippen molar-refractivity contribution >= 4 is 17.7 Å². The molecule has 2 amide bonds. The number of rotatable bonds is 3. The second-order valence-corrected chi connectivity index (χ2v) is 6.79. The molecule has 1 fully saturated rings. The van der Waals surface area contributed by atoms with Gasteiger partial charge in [-0.15, -0.1) is 0 Å². The van der Waals surface area contributed by atoms with E-state index in [1.165, 1.54) is 0 Å². The van der Waals surface area contributed by atoms with Crippen LogP contribution in [0.4, 0.5) is 10.5 Å². The van der Waals surface area contributed by atoms with Crippen LogP contribution in [0.5, 0.6) is 0 Å². The van der Waals surface area contributed by atoms with Crippen LogP contribution < -0.4 is 5.32 Å². The number of hydrogen-bond acceptors (Lipinski definition) is 5. The van der Waals surface area contributed by atoms with Gasteiger partial charge in [-0.05, 0) is 38.5 Å². The average molecular weight is 345 g/mol. The summed E-state index contributed by atoms with van der Waals surface area (Å²) in [6.07, 6.45) is -0.774. The Hall–Kier alpha value is -2.59. The Balaban J connectivity index is 1.98. The largest absolute Gasteiger partial charge is 0.444 e. The normalized spacial score (nSPS) is 17.5. The number of morpholine rings is 1. The first-order chi connectivity index (χ1) is 11.8. The van der Waals surface area contributed by atoms with Crippen LogP contribution in [0.2, 0.25) is 0 Å². The van der Waals surface area contributed by atoms with Crippen LogP contribution in [-0.2, 0) is 14.3 Å². The number of carbonyl (C=O) groups excluding carboxylic acids is 2. The highest BCUT2D eigenvalue weighted by molar-refractivity contribution is 5.92. The zero-order valence-corrected chi connectivity index (χ0v) is 14.7. The van der Waals surface area contributed by atoms with Crippen molar-refractivity contribution in [3.8, 4) is 6.07 Å². The minimum Gasteiger partial charge on any atom is -0.444 e. The zero-order valence-electron chi connectivity index (χ0n) is 14.7. The quantitative estimate of drug-likeness (QED) is 0.909. The first-order valence-electron chi connectivity index (χ1n) is 8.15. The van der Waals surface area contributed by atoms with Gasteiger partial charge in [0.05, 0.1) is 19.2 Å². The molecule has 1 N–H and O–H groups in total. The molecular formula is C18H23N3O4. The molecule has 0 bridgehead atoms. The Morgan fingerprint density at radius 2 is 2.04 bits per heavy atom. The maximum Gasteiger partial charge on any atom is 0.410 e. The molecule has 1 heterocycles. The summed E-state index contributed by atoms with van der Waals surface area (Å²) in [7, 11) is 0. The van der Waals surface area contributed by atoms with Crippen molar-refractivity contribution in [3.63, 3.8) is 0 Å². The van der Waals surface area contributed by atoms with Crippen molar-refractivity contribution in [1.82, 2.24) is 4.90 Å². The fourth-order valence-electron chi connectivity index (χ4n) is 2.40. The number of hydrogen-bond donors (Lipinski definition) is 1. The lowest BCUT2D eigenvalue weighted by atomic mass is 10.1. The average Bonchev–Trinajstić information content (AvgIpc) is 2.54. The van der Waals surface area contributed by atoms with E-state index in [-0.39, 0.29) is 24.5 Å². The fraction of sp³-hybridized carbons (Fsp3) is 0.500. The molecule has 134 valence electrons. The molecule has 7 nitrogen and oxygen atoms in total. The Kier molecular flexibility index (Phi) is 5.99. The molecule has 1 aliphatic rings. The summed E-state index contributed by atoms with van der Waals surface area (Å²) in [5.41, 5.74) is 0.990. The Morgan fingerprint density at radius 3 is 2.64 bits per heavy atom. The molecule has 2 rings (SSSR count). The second-order valence-electron chi connectivity index (χ2n) is 6.79. The van der Waals surface area contributed by atoms with Crippen LogP contribution in [0.3, 0.4) is 0 Å². The van der Waals surface area contributed by atoms with Crippen LogP contribution in [0.25, 0.3) is 0 Å². The summed E-state index contributed by atoms with van der Waals surface area (Å²) in [6, 6.07) is 8.98. The predicted octanol–water partition coefficient (Wildman–Crippen LogP) is 2.85. The molecule has 1 aliphatic heterocycles. The SMILES string of the molecule is CC(C)(C)OC(=O)N1CCOC(c2ccc(NC(=O)CC#N)cc2)C1. The third kappa shape index (κ3) is 5.76. The van der Waals surface area contributed by atoms with Crippen molar-refractivity contribution in [3.05, 3.63) is 29.8 Å². The molecule has 0 radical (unpaired) electrons. The number of ether oxygens (including phenoxy) is 2. The van der Waals surface area contributed by atoms with E-state index in [0.717, 1.165) is 5.56 Å². The van der Waals surface area contributed by atoms with E-state index in [9.17, 15) is 9.59 Å². The molecule has 25 heavy (non-hydrogen) atoms. The highest BCUT2D eigenvalue weighted by atomic mass is 16.6. The van der Waals surface area contributed by atoms with Gasteiger partial charge in [-0.3, -0.25) is 4.79 Å². The third-order valence-corrected chi connectivity index (χ3v) is 3.52. The summed E-state index contributed by atoms with van der Waals surface area (Å²) in [5.74, 6) is -0.347. The van der Waals surface area contributed by atoms with Gasteiger partial charge in [-0.25, -0.2) is 4.79 Å². The smallest absolute Gasteiger partial charge is 0.410 e. The molecule has 7 heteroatoms. The van der Waals surface area contributed by atoms with Gasteiger partial charge in [-0.2, -0.15) is 5.26 Å². The van der Waals surface area contributed by atoms with Crippen molar-refractivity contribution < 1.29 is 19.1 Å². The second kappa shape index (κ2) is 7.99. The van der Waals surface area contributed by atoms with Gasteiger partial charge < -0.3 is 19.7 Å². The number of benzene rings is 1. The van der Waals surface area contributed by atoms with Crippen molar-refractivity contribution in [2.24, 2.45) is 0 Å². The molecule has 1 atom stereocenters. The number of carbonyl (C=O) groups is 2. The molecule has 1 aromatic rings. The number of nitriles is 1. The summed E-state index contributed by atoms with van der Waals surface area (Å²) in [4.78, 5) is 25.3. The van der Waals surface area contributed by atoms with E-state index in [1.807, 2.05) is 32.9 Å². The molecule has 1 unspecified atom stereocenters. The van der Waals surface area contributed by atoms with Gasteiger partial charge in [0.1, 0.15) is 18.1 Å². The number of nitrogens with one attached hydrogen (secondary N) is 1. The summed E-state index contributed by atoms with van der Waals surface area (Å²) in [6.45, 7) is 6.85. The van der Waals surface area contributed by atoms with Crippen LogP contribution in [0.1, 0.15) is 38.9 Å². The maximum absolute atomic E-state index is 12.2. The first kappa shape index (κ1) is 18.7. The first-order valence-corrected chi connectivity index (χ1v) is 8.15. The van der Waals surface area contributed by atoms with Crippen molar-refractivity contribution in [2.45, 2.75) is 38.9 Å². The molecule has 1 aromatic carbocycles. The van der Waals surface area contributed by atoms with Gasteiger partial charge in [0, 0.05) is 12.2 Å². The summed E-state index contributed by atoms with van der Waals surface area (Å²) < 4.78 is 11.2. The molecule has 1 saturated heterocycles. The highest BCUT2D eigenvalue weighted by Crippen LogP contribution is 2.25. The molecule has 0 aliphatic carbocycles. The minimum absolute atomic E-state index is 0.182. The summed E-state index contributed by atoms with van der Waals surface area (Å²) in [5, 5.41) is 11.1. The zero-order chi connectivity index (χ0) is 18.4. The Bertz CT molecular complexity index is 658. The van der Waals surface area contributed by atoms with Crippen LogP contribution >= 0.6 is 0 Å². The van der Waals surface area contributed by atoms with Crippen LogP contribution in [-0.4, -0.2) is 42.2 Å². The third-order valence-electron chi connectivity index (χ3n) is 3.52. The van der Waals surface area contributed by atoms with Gasteiger partial charge in [0.15, 0.2) is 0 Å². The molecular weight excluding hydrogens is 322 g/mol. The van der Waals surface area contributed by atoms with E-state index in [0.29, 0.717) is 25.4 Å². The summed E-state index contributed by atoms with van der Waals surface area (Å²) >= 11 is 0. The predicted molar refractivity (Wildman–Crippen MR) is 91.8 cm³/mol. The number of anilines is 1. The number of nitrogens with zero attached hydrogens (tertiary/aromatic N) is 2. The van der Waals surface area contributed by atoms with Gasteiger partial charge in [0.2, 0.25) is 5.91 Å². The van der Waals surface area contributed by atoms with E-state index in [2.05, 4.69) is 5.32 Å². The lowest BCUT2D eigenvalue weighted by Crippen LogP contribution is -2.44. The minimum atomic E-state index is -0.534. The topological polar surface area (TPSA) is 91.7 Å². The molecule has 0 spiro atoms. The molecule has 0 saturated carbocycles.